The number of non-ortho nitro benzene ring substituents is 1. The molecule has 0 aromatic heterocycles. The van der Waals surface area contributed by atoms with E-state index in [1.165, 1.54) is 5.56 Å². The second-order valence-corrected chi connectivity index (χ2v) is 15.1. The number of hydrogen-bond acceptors (Lipinski definition) is 4. The van der Waals surface area contributed by atoms with Crippen molar-refractivity contribution in [1.82, 2.24) is 0 Å². The van der Waals surface area contributed by atoms with E-state index < -0.39 is 0 Å². The average Bonchev–Trinajstić information content (AvgIpc) is 3.54. The molecule has 9 rings (SSSR count). The van der Waals surface area contributed by atoms with Crippen LogP contribution in [0, 0.1) is 30.9 Å². The van der Waals surface area contributed by atoms with Crippen LogP contribution in [-0.4, -0.2) is 16.3 Å². The molecule has 5 nitrogen and oxygen atoms in total. The minimum absolute atomic E-state index is 0.0132. The predicted octanol–water partition coefficient (Wildman–Crippen LogP) is 13.3. The topological polar surface area (TPSA) is 67.9 Å². The van der Waals surface area contributed by atoms with Gasteiger partial charge < -0.3 is 0 Å². The highest BCUT2D eigenvalue weighted by molar-refractivity contribution is 6.61. The van der Waals surface area contributed by atoms with Crippen molar-refractivity contribution in [2.45, 2.75) is 32.6 Å². The molecule has 0 radical (unpaired) electrons. The monoisotopic (exact) mass is 751 g/mol. The molecule has 1 aliphatic rings. The van der Waals surface area contributed by atoms with Crippen LogP contribution in [0.5, 0.6) is 0 Å². The summed E-state index contributed by atoms with van der Waals surface area (Å²) in [5, 5.41) is 15.3. The van der Waals surface area contributed by atoms with Crippen LogP contribution in [0.15, 0.2) is 192 Å². The highest BCUT2D eigenvalue weighted by atomic mass is 16.6. The van der Waals surface area contributed by atoms with Crippen LogP contribution in [-0.2, 0) is 0 Å². The Bertz CT molecular complexity index is 2670. The number of nitrogens with zero attached hydrogens (tertiary/aromatic N) is 3. The van der Waals surface area contributed by atoms with Crippen LogP contribution >= 0.6 is 0 Å². The maximum atomic E-state index is 13.1. The number of aryl methyl sites for hydroxylation is 3. The van der Waals surface area contributed by atoms with Gasteiger partial charge in [0.15, 0.2) is 0 Å². The van der Waals surface area contributed by atoms with Crippen molar-refractivity contribution in [3.8, 4) is 0 Å². The van der Waals surface area contributed by atoms with Gasteiger partial charge in [-0.1, -0.05) is 175 Å². The summed E-state index contributed by atoms with van der Waals surface area (Å²) in [6.45, 7) is 6.33. The third-order valence-electron chi connectivity index (χ3n) is 11.2. The largest absolute Gasteiger partial charge is 0.270 e. The van der Waals surface area contributed by atoms with E-state index in [0.717, 1.165) is 83.5 Å². The van der Waals surface area contributed by atoms with Gasteiger partial charge in [0.05, 0.1) is 27.7 Å². The Labute approximate surface area is 338 Å². The SMILES string of the molecule is Cc1cc(C)c(N=C2C(=Nc3c(C(c4ccccc4)c4ccccc4)cc([N+](=O)[O-])cc3C(c3ccccc3)c3ccccc3)c3cccc4cccc2c34)c(C)c1. The van der Waals surface area contributed by atoms with Crippen LogP contribution in [0.3, 0.4) is 0 Å². The molecule has 0 unspecified atom stereocenters. The van der Waals surface area contributed by atoms with Crippen LogP contribution in [0.2, 0.25) is 0 Å². The first-order valence-electron chi connectivity index (χ1n) is 19.7. The summed E-state index contributed by atoms with van der Waals surface area (Å²) in [6, 6.07) is 61.5. The van der Waals surface area contributed by atoms with E-state index in [2.05, 4.69) is 118 Å². The predicted molar refractivity (Wildman–Crippen MR) is 238 cm³/mol. The Kier molecular flexibility index (Phi) is 9.64. The van der Waals surface area contributed by atoms with E-state index in [1.54, 1.807) is 12.1 Å². The summed E-state index contributed by atoms with van der Waals surface area (Å²) in [7, 11) is 0. The standard InChI is InChI=1S/C53H41N3O2/c1-34-30-35(2)50(36(3)31-34)54-52-43-28-16-26-41-27-17-29-44(49(41)43)53(52)55-51-45(47(37-18-8-4-9-19-37)38-20-10-5-11-21-38)32-42(56(57)58)33-46(51)48(39-22-12-6-13-23-39)40-24-14-7-15-25-40/h4-33,47-48H,1-3H3. The molecule has 0 saturated heterocycles. The van der Waals surface area contributed by atoms with Crippen LogP contribution in [0.1, 0.15) is 73.0 Å². The zero-order valence-electron chi connectivity index (χ0n) is 32.6. The Balaban J connectivity index is 1.44. The Morgan fingerprint density at radius 1 is 0.466 bits per heavy atom. The van der Waals surface area contributed by atoms with Gasteiger partial charge in [-0.25, -0.2) is 9.98 Å². The van der Waals surface area contributed by atoms with Crippen molar-refractivity contribution in [3.05, 3.63) is 253 Å². The van der Waals surface area contributed by atoms with Gasteiger partial charge in [-0.2, -0.15) is 0 Å². The van der Waals surface area contributed by atoms with E-state index in [0.29, 0.717) is 5.69 Å². The van der Waals surface area contributed by atoms with Gasteiger partial charge in [-0.15, -0.1) is 0 Å². The summed E-state index contributed by atoms with van der Waals surface area (Å²) >= 11 is 0. The van der Waals surface area contributed by atoms with E-state index in [1.807, 2.05) is 72.8 Å². The molecule has 8 aromatic rings. The molecule has 0 heterocycles. The number of nitro groups is 1. The molecule has 0 saturated carbocycles. The molecule has 0 aliphatic heterocycles. The average molecular weight is 752 g/mol. The third-order valence-corrected chi connectivity index (χ3v) is 11.2. The van der Waals surface area contributed by atoms with Crippen LogP contribution in [0.4, 0.5) is 17.1 Å². The summed E-state index contributed by atoms with van der Waals surface area (Å²) in [6.07, 6.45) is 0. The zero-order valence-corrected chi connectivity index (χ0v) is 32.6. The van der Waals surface area contributed by atoms with Gasteiger partial charge in [0.1, 0.15) is 0 Å². The minimum Gasteiger partial charge on any atom is -0.258 e. The summed E-state index contributed by atoms with van der Waals surface area (Å²) < 4.78 is 0. The first-order valence-corrected chi connectivity index (χ1v) is 19.7. The molecular formula is C53H41N3O2. The Morgan fingerprint density at radius 3 is 1.22 bits per heavy atom. The molecule has 8 aromatic carbocycles. The van der Waals surface area contributed by atoms with E-state index in [9.17, 15) is 10.1 Å². The van der Waals surface area contributed by atoms with Crippen molar-refractivity contribution in [2.75, 3.05) is 0 Å². The van der Waals surface area contributed by atoms with Gasteiger partial charge >= 0.3 is 0 Å². The fraction of sp³-hybridized carbons (Fsp3) is 0.0943. The number of rotatable bonds is 9. The lowest BCUT2D eigenvalue weighted by molar-refractivity contribution is -0.385. The lowest BCUT2D eigenvalue weighted by Crippen LogP contribution is -2.14. The highest BCUT2D eigenvalue weighted by Gasteiger charge is 2.33. The maximum absolute atomic E-state index is 13.1. The van der Waals surface area contributed by atoms with Gasteiger partial charge in [0.2, 0.25) is 0 Å². The van der Waals surface area contributed by atoms with Crippen molar-refractivity contribution in [1.29, 1.82) is 0 Å². The molecule has 0 atom stereocenters. The molecule has 58 heavy (non-hydrogen) atoms. The first-order chi connectivity index (χ1) is 28.4. The highest BCUT2D eigenvalue weighted by Crippen LogP contribution is 2.48. The Morgan fingerprint density at radius 2 is 0.845 bits per heavy atom. The van der Waals surface area contributed by atoms with E-state index in [4.69, 9.17) is 9.98 Å². The maximum Gasteiger partial charge on any atom is 0.270 e. The lowest BCUT2D eigenvalue weighted by atomic mass is 9.78. The summed E-state index contributed by atoms with van der Waals surface area (Å²) in [4.78, 5) is 24.2. The molecule has 0 amide bonds. The second-order valence-electron chi connectivity index (χ2n) is 15.1. The Hall–Kier alpha value is -7.24. The fourth-order valence-corrected chi connectivity index (χ4v) is 8.81. The normalized spacial score (nSPS) is 13.6. The summed E-state index contributed by atoms with van der Waals surface area (Å²) in [5.74, 6) is -0.761. The fourth-order valence-electron chi connectivity index (χ4n) is 8.81. The first kappa shape index (κ1) is 36.4. The van der Waals surface area contributed by atoms with Crippen molar-refractivity contribution in [3.63, 3.8) is 0 Å². The number of benzene rings is 8. The molecule has 280 valence electrons. The molecule has 0 fully saturated rings. The molecule has 0 spiro atoms. The minimum atomic E-state index is -0.380. The van der Waals surface area contributed by atoms with Gasteiger partial charge in [-0.05, 0) is 70.7 Å². The van der Waals surface area contributed by atoms with Crippen LogP contribution in [0.25, 0.3) is 10.8 Å². The van der Waals surface area contributed by atoms with Gasteiger partial charge in [0, 0.05) is 40.5 Å². The number of hydrogen-bond donors (Lipinski definition) is 0. The zero-order chi connectivity index (χ0) is 39.8. The molecule has 0 N–H and O–H groups in total. The lowest BCUT2D eigenvalue weighted by Gasteiger charge is -2.26. The van der Waals surface area contributed by atoms with Gasteiger partial charge in [0.25, 0.3) is 5.69 Å². The van der Waals surface area contributed by atoms with Crippen molar-refractivity contribution >= 4 is 39.3 Å². The molecule has 0 bridgehead atoms. The second kappa shape index (κ2) is 15.4. The third kappa shape index (κ3) is 6.71. The van der Waals surface area contributed by atoms with Crippen LogP contribution < -0.4 is 0 Å². The van der Waals surface area contributed by atoms with Crippen molar-refractivity contribution < 1.29 is 4.92 Å². The summed E-state index contributed by atoms with van der Waals surface area (Å²) in [5.41, 5.74) is 14.0. The quantitative estimate of drug-likeness (QED) is 0.0837. The molecule has 1 aliphatic carbocycles. The molecular weight excluding hydrogens is 711 g/mol. The smallest absolute Gasteiger partial charge is 0.258 e. The number of nitro benzene ring substituents is 1. The van der Waals surface area contributed by atoms with E-state index >= 15 is 0 Å². The number of aliphatic imine (C=N–C) groups is 2. The van der Waals surface area contributed by atoms with Crippen molar-refractivity contribution in [2.24, 2.45) is 9.98 Å². The van der Waals surface area contributed by atoms with E-state index in [-0.39, 0.29) is 22.4 Å². The van der Waals surface area contributed by atoms with Gasteiger partial charge in [-0.3, -0.25) is 10.1 Å². The molecule has 5 heteroatoms.